The number of nitrogens with one attached hydrogen (secondary N) is 1. The van der Waals surface area contributed by atoms with E-state index in [1.807, 2.05) is 25.7 Å². The molecule has 30 heavy (non-hydrogen) atoms. The largest absolute Gasteiger partial charge is 0.476 e. The zero-order valence-corrected chi connectivity index (χ0v) is 18.3. The Morgan fingerprint density at radius 3 is 2.67 bits per heavy atom. The quantitative estimate of drug-likeness (QED) is 0.600. The van der Waals surface area contributed by atoms with Crippen LogP contribution in [0.3, 0.4) is 0 Å². The molecule has 1 aliphatic rings. The lowest BCUT2D eigenvalue weighted by atomic mass is 9.89. The van der Waals surface area contributed by atoms with Gasteiger partial charge in [-0.15, -0.1) is 0 Å². The van der Waals surface area contributed by atoms with Crippen LogP contribution in [0.5, 0.6) is 0 Å². The minimum Gasteiger partial charge on any atom is -0.476 e. The van der Waals surface area contributed by atoms with E-state index in [4.69, 9.17) is 20.8 Å². The predicted molar refractivity (Wildman–Crippen MR) is 111 cm³/mol. The highest BCUT2D eigenvalue weighted by molar-refractivity contribution is 6.30. The zero-order chi connectivity index (χ0) is 22.0. The second-order valence-electron chi connectivity index (χ2n) is 7.77. The Morgan fingerprint density at radius 2 is 2.13 bits per heavy atom. The number of ketones is 1. The summed E-state index contributed by atoms with van der Waals surface area (Å²) in [6.07, 6.45) is 1.38. The number of hydrogen-bond acceptors (Lipinski definition) is 7. The van der Waals surface area contributed by atoms with Gasteiger partial charge in [0.2, 0.25) is 0 Å². The molecule has 1 aliphatic heterocycles. The number of aromatic amines is 1. The first kappa shape index (κ1) is 22.3. The number of imidazole rings is 1. The molecular formula is C20H27ClN4O5. The summed E-state index contributed by atoms with van der Waals surface area (Å²) in [6, 6.07) is 0.272. The second-order valence-corrected chi connectivity index (χ2v) is 8.13. The second kappa shape index (κ2) is 9.18. The third kappa shape index (κ3) is 4.52. The summed E-state index contributed by atoms with van der Waals surface area (Å²) in [5.41, 5.74) is 0.685. The Balaban J connectivity index is 1.71. The highest BCUT2D eigenvalue weighted by atomic mass is 35.5. The smallest absolute Gasteiger partial charge is 0.358 e. The number of rotatable bonds is 8. The number of Topliss-reactive ketones (excluding diaryl/α,β-unsaturated/α-hetero) is 1. The molecule has 2 N–H and O–H groups in total. The first-order valence-electron chi connectivity index (χ1n) is 10.0. The molecule has 9 nitrogen and oxygen atoms in total. The highest BCUT2D eigenvalue weighted by Gasteiger charge is 2.34. The normalized spacial score (nSPS) is 19.5. The Morgan fingerprint density at radius 1 is 1.40 bits per heavy atom. The van der Waals surface area contributed by atoms with Gasteiger partial charge in [-0.05, 0) is 18.8 Å². The summed E-state index contributed by atoms with van der Waals surface area (Å²) in [4.78, 5) is 37.3. The number of ether oxygens (including phenoxy) is 1. The maximum Gasteiger partial charge on any atom is 0.358 e. The van der Waals surface area contributed by atoms with E-state index in [9.17, 15) is 14.7 Å². The lowest BCUT2D eigenvalue weighted by Crippen LogP contribution is -2.45. The number of carboxylic acid groups (broad SMARTS) is 1. The molecule has 10 heteroatoms. The van der Waals surface area contributed by atoms with Gasteiger partial charge >= 0.3 is 5.97 Å². The SMILES string of the molecule is CCc1[nH]c(C(=O)C[C@@H]2CCN(c3nc(C(=O)O)c(C(C)C)o3)C[C@@H]2OC)nc1Cl. The van der Waals surface area contributed by atoms with Gasteiger partial charge in [-0.25, -0.2) is 9.78 Å². The first-order valence-corrected chi connectivity index (χ1v) is 10.4. The van der Waals surface area contributed by atoms with Gasteiger partial charge < -0.3 is 24.1 Å². The summed E-state index contributed by atoms with van der Waals surface area (Å²) in [5, 5.41) is 9.72. The van der Waals surface area contributed by atoms with E-state index >= 15 is 0 Å². The van der Waals surface area contributed by atoms with Gasteiger partial charge in [0.1, 0.15) is 5.76 Å². The molecule has 2 aromatic rings. The lowest BCUT2D eigenvalue weighted by Gasteiger charge is -2.36. The molecule has 0 spiro atoms. The summed E-state index contributed by atoms with van der Waals surface area (Å²) in [6.45, 7) is 6.68. The van der Waals surface area contributed by atoms with Crippen molar-refractivity contribution in [3.63, 3.8) is 0 Å². The van der Waals surface area contributed by atoms with Crippen LogP contribution in [0.2, 0.25) is 5.15 Å². The molecule has 0 amide bonds. The number of H-pyrrole nitrogens is 1. The maximum atomic E-state index is 12.7. The van der Waals surface area contributed by atoms with Gasteiger partial charge in [0, 0.05) is 32.5 Å². The van der Waals surface area contributed by atoms with Crippen molar-refractivity contribution < 1.29 is 23.8 Å². The van der Waals surface area contributed by atoms with Crippen LogP contribution in [0, 0.1) is 5.92 Å². The van der Waals surface area contributed by atoms with E-state index in [1.54, 1.807) is 7.11 Å². The minimum absolute atomic E-state index is 0.00817. The summed E-state index contributed by atoms with van der Waals surface area (Å²) in [5.74, 6) is -0.700. The standard InChI is InChI=1S/C20H27ClN4O5/c1-5-12-17(21)24-18(22-12)13(26)8-11-6-7-25(9-14(11)29-4)20-23-15(19(27)28)16(30-20)10(2)3/h10-11,14H,5-9H2,1-4H3,(H,22,24)(H,27,28)/t11-,14-/m0/s1. The van der Waals surface area contributed by atoms with E-state index in [2.05, 4.69) is 15.0 Å². The fraction of sp³-hybridized carbons (Fsp3) is 0.600. The summed E-state index contributed by atoms with van der Waals surface area (Å²) < 4.78 is 11.4. The Hall–Kier alpha value is -2.39. The molecule has 2 atom stereocenters. The van der Waals surface area contributed by atoms with Crippen LogP contribution in [-0.2, 0) is 11.2 Å². The number of halogens is 1. The van der Waals surface area contributed by atoms with Crippen molar-refractivity contribution in [2.24, 2.45) is 5.92 Å². The Bertz CT molecular complexity index is 922. The Labute approximate surface area is 179 Å². The molecule has 0 aromatic carbocycles. The number of carbonyl (C=O) groups excluding carboxylic acids is 1. The van der Waals surface area contributed by atoms with E-state index < -0.39 is 5.97 Å². The van der Waals surface area contributed by atoms with Crippen molar-refractivity contribution in [2.45, 2.75) is 52.1 Å². The number of carboxylic acids is 1. The van der Waals surface area contributed by atoms with Crippen LogP contribution in [-0.4, -0.2) is 58.1 Å². The van der Waals surface area contributed by atoms with E-state index in [0.717, 1.165) is 5.69 Å². The fourth-order valence-corrected chi connectivity index (χ4v) is 3.99. The molecule has 0 unspecified atom stereocenters. The van der Waals surface area contributed by atoms with Crippen LogP contribution in [0.25, 0.3) is 0 Å². The third-order valence-electron chi connectivity index (χ3n) is 5.43. The van der Waals surface area contributed by atoms with Gasteiger partial charge in [0.05, 0.1) is 11.8 Å². The number of anilines is 1. The molecule has 0 bridgehead atoms. The number of methoxy groups -OCH3 is 1. The van der Waals surface area contributed by atoms with Gasteiger partial charge in [-0.2, -0.15) is 4.98 Å². The van der Waals surface area contributed by atoms with E-state index in [0.29, 0.717) is 36.8 Å². The minimum atomic E-state index is -1.11. The summed E-state index contributed by atoms with van der Waals surface area (Å²) >= 11 is 6.05. The fourth-order valence-electron chi connectivity index (χ4n) is 3.73. The van der Waals surface area contributed by atoms with Crippen LogP contribution >= 0.6 is 11.6 Å². The third-order valence-corrected chi connectivity index (χ3v) is 5.74. The average Bonchev–Trinajstić information content (AvgIpc) is 3.32. The van der Waals surface area contributed by atoms with E-state index in [1.165, 1.54) is 0 Å². The highest BCUT2D eigenvalue weighted by Crippen LogP contribution is 2.31. The van der Waals surface area contributed by atoms with Crippen molar-refractivity contribution in [1.29, 1.82) is 0 Å². The van der Waals surface area contributed by atoms with Crippen molar-refractivity contribution in [3.8, 4) is 0 Å². The molecule has 2 aromatic heterocycles. The van der Waals surface area contributed by atoms with Crippen LogP contribution in [0.15, 0.2) is 4.42 Å². The number of nitrogens with zero attached hydrogens (tertiary/aromatic N) is 3. The number of aromatic nitrogens is 3. The van der Waals surface area contributed by atoms with Gasteiger partial charge in [0.25, 0.3) is 6.01 Å². The number of carbonyl (C=O) groups is 2. The molecule has 3 rings (SSSR count). The molecule has 3 heterocycles. The van der Waals surface area contributed by atoms with Crippen molar-refractivity contribution >= 4 is 29.4 Å². The molecule has 0 aliphatic carbocycles. The monoisotopic (exact) mass is 438 g/mol. The average molecular weight is 439 g/mol. The predicted octanol–water partition coefficient (Wildman–Crippen LogP) is 3.55. The molecule has 1 fully saturated rings. The zero-order valence-electron chi connectivity index (χ0n) is 17.6. The number of aromatic carboxylic acids is 1. The molecule has 164 valence electrons. The van der Waals surface area contributed by atoms with E-state index in [-0.39, 0.29) is 47.7 Å². The number of oxazole rings is 1. The summed E-state index contributed by atoms with van der Waals surface area (Å²) in [7, 11) is 1.60. The van der Waals surface area contributed by atoms with Gasteiger partial charge in [-0.1, -0.05) is 32.4 Å². The molecule has 0 saturated carbocycles. The van der Waals surface area contributed by atoms with Crippen LogP contribution < -0.4 is 4.90 Å². The number of hydrogen-bond donors (Lipinski definition) is 2. The van der Waals surface area contributed by atoms with Crippen LogP contribution in [0.1, 0.15) is 72.1 Å². The van der Waals surface area contributed by atoms with Gasteiger partial charge in [-0.3, -0.25) is 4.79 Å². The van der Waals surface area contributed by atoms with Crippen LogP contribution in [0.4, 0.5) is 6.01 Å². The first-order chi connectivity index (χ1) is 14.2. The van der Waals surface area contributed by atoms with Crippen molar-refractivity contribution in [2.75, 3.05) is 25.1 Å². The van der Waals surface area contributed by atoms with Crippen molar-refractivity contribution in [3.05, 3.63) is 28.1 Å². The molecule has 1 saturated heterocycles. The van der Waals surface area contributed by atoms with Crippen molar-refractivity contribution in [1.82, 2.24) is 15.0 Å². The Kier molecular flexibility index (Phi) is 6.82. The molecular weight excluding hydrogens is 412 g/mol. The lowest BCUT2D eigenvalue weighted by molar-refractivity contribution is 0.0363. The maximum absolute atomic E-state index is 12.7. The topological polar surface area (TPSA) is 122 Å². The number of aryl methyl sites for hydroxylation is 1. The molecule has 0 radical (unpaired) electrons. The number of piperidine rings is 1. The van der Waals surface area contributed by atoms with Gasteiger partial charge in [0.15, 0.2) is 22.5 Å².